The molecule has 6 heteroatoms. The van der Waals surface area contributed by atoms with Gasteiger partial charge in [0.25, 0.3) is 0 Å². The van der Waals surface area contributed by atoms with Crippen LogP contribution in [-0.2, 0) is 4.79 Å². The van der Waals surface area contributed by atoms with Gasteiger partial charge in [0.1, 0.15) is 5.41 Å². The molecule has 0 bridgehead atoms. The van der Waals surface area contributed by atoms with E-state index in [-0.39, 0.29) is 11.9 Å². The van der Waals surface area contributed by atoms with Gasteiger partial charge in [-0.3, -0.25) is 4.79 Å². The molecular formula is C12H20N4O2. The second-order valence-electron chi connectivity index (χ2n) is 5.09. The van der Waals surface area contributed by atoms with Gasteiger partial charge in [-0.25, -0.2) is 4.79 Å². The van der Waals surface area contributed by atoms with Crippen molar-refractivity contribution in [1.29, 1.82) is 5.26 Å². The molecule has 0 spiro atoms. The lowest BCUT2D eigenvalue weighted by Crippen LogP contribution is -2.49. The summed E-state index contributed by atoms with van der Waals surface area (Å²) in [6, 6.07) is 1.91. The van der Waals surface area contributed by atoms with E-state index in [1.54, 1.807) is 14.1 Å². The standard InChI is InChI=1S/C12H20N4O2/c1-9-6-12(7-9,8-13)10(17)14-4-5-15-11(18)16(2)3/h9H,4-7H2,1-3H3,(H,14,17)(H,15,18). The van der Waals surface area contributed by atoms with E-state index in [1.807, 2.05) is 6.92 Å². The maximum absolute atomic E-state index is 11.8. The van der Waals surface area contributed by atoms with Gasteiger partial charge in [0, 0.05) is 27.2 Å². The second kappa shape index (κ2) is 5.71. The summed E-state index contributed by atoms with van der Waals surface area (Å²) in [4.78, 5) is 24.5. The van der Waals surface area contributed by atoms with Crippen LogP contribution in [0.5, 0.6) is 0 Å². The summed E-state index contributed by atoms with van der Waals surface area (Å²) in [6.07, 6.45) is 1.25. The van der Waals surface area contributed by atoms with Gasteiger partial charge in [0.2, 0.25) is 5.91 Å². The van der Waals surface area contributed by atoms with Crippen molar-refractivity contribution in [2.75, 3.05) is 27.2 Å². The molecule has 1 aliphatic rings. The van der Waals surface area contributed by atoms with E-state index in [1.165, 1.54) is 4.90 Å². The zero-order chi connectivity index (χ0) is 13.8. The molecular weight excluding hydrogens is 232 g/mol. The molecule has 0 heterocycles. The predicted molar refractivity (Wildman–Crippen MR) is 66.5 cm³/mol. The monoisotopic (exact) mass is 252 g/mol. The van der Waals surface area contributed by atoms with E-state index in [9.17, 15) is 9.59 Å². The number of hydrogen-bond acceptors (Lipinski definition) is 3. The van der Waals surface area contributed by atoms with Gasteiger partial charge in [-0.1, -0.05) is 6.92 Å². The average molecular weight is 252 g/mol. The summed E-state index contributed by atoms with van der Waals surface area (Å²) >= 11 is 0. The van der Waals surface area contributed by atoms with Crippen molar-refractivity contribution in [1.82, 2.24) is 15.5 Å². The highest BCUT2D eigenvalue weighted by Gasteiger charge is 2.48. The van der Waals surface area contributed by atoms with Crippen molar-refractivity contribution < 1.29 is 9.59 Å². The molecule has 18 heavy (non-hydrogen) atoms. The second-order valence-corrected chi connectivity index (χ2v) is 5.09. The van der Waals surface area contributed by atoms with Gasteiger partial charge < -0.3 is 15.5 Å². The van der Waals surface area contributed by atoms with Crippen molar-refractivity contribution in [2.45, 2.75) is 19.8 Å². The Morgan fingerprint density at radius 3 is 2.33 bits per heavy atom. The van der Waals surface area contributed by atoms with Gasteiger partial charge >= 0.3 is 6.03 Å². The Morgan fingerprint density at radius 1 is 1.33 bits per heavy atom. The fourth-order valence-electron chi connectivity index (χ4n) is 2.13. The first-order chi connectivity index (χ1) is 8.41. The van der Waals surface area contributed by atoms with Crippen molar-refractivity contribution in [3.8, 4) is 6.07 Å². The number of amides is 3. The number of rotatable bonds is 4. The van der Waals surface area contributed by atoms with Crippen molar-refractivity contribution in [3.63, 3.8) is 0 Å². The van der Waals surface area contributed by atoms with Crippen LogP contribution >= 0.6 is 0 Å². The van der Waals surface area contributed by atoms with E-state index >= 15 is 0 Å². The highest BCUT2D eigenvalue weighted by atomic mass is 16.2. The summed E-state index contributed by atoms with van der Waals surface area (Å²) in [7, 11) is 3.29. The summed E-state index contributed by atoms with van der Waals surface area (Å²) in [5.41, 5.74) is -0.842. The normalized spacial score (nSPS) is 25.6. The Morgan fingerprint density at radius 2 is 1.89 bits per heavy atom. The molecule has 1 aliphatic carbocycles. The molecule has 1 fully saturated rings. The van der Waals surface area contributed by atoms with Gasteiger partial charge in [0.05, 0.1) is 6.07 Å². The van der Waals surface area contributed by atoms with E-state index < -0.39 is 5.41 Å². The van der Waals surface area contributed by atoms with Gasteiger partial charge in [0.15, 0.2) is 0 Å². The lowest BCUT2D eigenvalue weighted by molar-refractivity contribution is -0.133. The van der Waals surface area contributed by atoms with Crippen LogP contribution in [0, 0.1) is 22.7 Å². The SMILES string of the molecule is CC1CC(C#N)(C(=O)NCCNC(=O)N(C)C)C1. The molecule has 2 N–H and O–H groups in total. The maximum Gasteiger partial charge on any atom is 0.316 e. The molecule has 1 rings (SSSR count). The summed E-state index contributed by atoms with van der Waals surface area (Å²) in [5, 5.41) is 14.4. The third kappa shape index (κ3) is 3.13. The quantitative estimate of drug-likeness (QED) is 0.706. The van der Waals surface area contributed by atoms with Crippen LogP contribution in [0.15, 0.2) is 0 Å². The molecule has 0 aromatic heterocycles. The van der Waals surface area contributed by atoms with Crippen molar-refractivity contribution >= 4 is 11.9 Å². The minimum atomic E-state index is -0.842. The van der Waals surface area contributed by atoms with Crippen molar-refractivity contribution in [3.05, 3.63) is 0 Å². The Kier molecular flexibility index (Phi) is 4.54. The summed E-state index contributed by atoms with van der Waals surface area (Å²) in [6.45, 7) is 2.73. The Labute approximate surface area is 107 Å². The molecule has 0 aliphatic heterocycles. The largest absolute Gasteiger partial charge is 0.353 e. The van der Waals surface area contributed by atoms with Crippen molar-refractivity contribution in [2.24, 2.45) is 11.3 Å². The number of hydrogen-bond donors (Lipinski definition) is 2. The summed E-state index contributed by atoms with van der Waals surface area (Å²) < 4.78 is 0. The van der Waals surface area contributed by atoms with Crippen LogP contribution in [0.3, 0.4) is 0 Å². The number of urea groups is 1. The number of nitrogens with zero attached hydrogens (tertiary/aromatic N) is 2. The zero-order valence-electron chi connectivity index (χ0n) is 11.1. The third-order valence-corrected chi connectivity index (χ3v) is 3.14. The van der Waals surface area contributed by atoms with Gasteiger partial charge in [-0.2, -0.15) is 5.26 Å². The van der Waals surface area contributed by atoms with E-state index in [2.05, 4.69) is 16.7 Å². The van der Waals surface area contributed by atoms with Gasteiger partial charge in [-0.05, 0) is 18.8 Å². The Balaban J connectivity index is 2.26. The smallest absolute Gasteiger partial charge is 0.316 e. The van der Waals surface area contributed by atoms with Crippen LogP contribution in [0.4, 0.5) is 4.79 Å². The molecule has 0 aromatic rings. The molecule has 100 valence electrons. The molecule has 0 radical (unpaired) electrons. The third-order valence-electron chi connectivity index (χ3n) is 3.14. The highest BCUT2D eigenvalue weighted by Crippen LogP contribution is 2.44. The first kappa shape index (κ1) is 14.3. The lowest BCUT2D eigenvalue weighted by atomic mass is 9.63. The van der Waals surface area contributed by atoms with E-state index in [4.69, 9.17) is 5.26 Å². The van der Waals surface area contributed by atoms with E-state index in [0.29, 0.717) is 31.8 Å². The fourth-order valence-corrected chi connectivity index (χ4v) is 2.13. The predicted octanol–water partition coefficient (Wildman–Crippen LogP) is 0.314. The van der Waals surface area contributed by atoms with E-state index in [0.717, 1.165) is 0 Å². The zero-order valence-corrected chi connectivity index (χ0v) is 11.1. The number of carbonyl (C=O) groups excluding carboxylic acids is 2. The lowest BCUT2D eigenvalue weighted by Gasteiger charge is -2.39. The molecule has 0 atom stereocenters. The number of nitriles is 1. The minimum absolute atomic E-state index is 0.198. The van der Waals surface area contributed by atoms with Crippen LogP contribution in [0.25, 0.3) is 0 Å². The molecule has 0 unspecified atom stereocenters. The number of carbonyl (C=O) groups is 2. The average Bonchev–Trinajstić information content (AvgIpc) is 2.29. The first-order valence-electron chi connectivity index (χ1n) is 6.06. The maximum atomic E-state index is 11.8. The van der Waals surface area contributed by atoms with Crippen LogP contribution in [-0.4, -0.2) is 44.0 Å². The number of nitrogens with one attached hydrogen (secondary N) is 2. The molecule has 3 amide bonds. The van der Waals surface area contributed by atoms with Gasteiger partial charge in [-0.15, -0.1) is 0 Å². The molecule has 1 saturated carbocycles. The molecule has 6 nitrogen and oxygen atoms in total. The first-order valence-corrected chi connectivity index (χ1v) is 6.06. The Bertz CT molecular complexity index is 367. The molecule has 0 aromatic carbocycles. The van der Waals surface area contributed by atoms with Crippen LogP contribution < -0.4 is 10.6 Å². The molecule has 0 saturated heterocycles. The minimum Gasteiger partial charge on any atom is -0.353 e. The van der Waals surface area contributed by atoms with Crippen LogP contribution in [0.2, 0.25) is 0 Å². The summed E-state index contributed by atoms with van der Waals surface area (Å²) in [5.74, 6) is 0.214. The fraction of sp³-hybridized carbons (Fsp3) is 0.750. The highest BCUT2D eigenvalue weighted by molar-refractivity contribution is 5.86. The van der Waals surface area contributed by atoms with Crippen LogP contribution in [0.1, 0.15) is 19.8 Å². The topological polar surface area (TPSA) is 85.2 Å². The Hall–Kier alpha value is -1.77.